The number of allylic oxidation sites excluding steroid dienone is 10. The van der Waals surface area contributed by atoms with Crippen molar-refractivity contribution in [3.8, 4) is 16.8 Å². The smallest absolute Gasteiger partial charge is 0.145 e. The summed E-state index contributed by atoms with van der Waals surface area (Å²) < 4.78 is 5.03. The van der Waals surface area contributed by atoms with Gasteiger partial charge in [-0.2, -0.15) is 0 Å². The Bertz CT molecular complexity index is 3080. The quantitative estimate of drug-likeness (QED) is 0.179. The van der Waals surface area contributed by atoms with E-state index < -0.39 is 0 Å². The highest BCUT2D eigenvalue weighted by Gasteiger charge is 2.31. The molecular formula is C56H46N4. The van der Waals surface area contributed by atoms with Crippen LogP contribution in [0.2, 0.25) is 0 Å². The van der Waals surface area contributed by atoms with Crippen LogP contribution in [0.4, 0.5) is 5.69 Å². The van der Waals surface area contributed by atoms with Crippen molar-refractivity contribution in [2.45, 2.75) is 38.3 Å². The molecule has 4 atom stereocenters. The van der Waals surface area contributed by atoms with E-state index in [0.717, 1.165) is 49.1 Å². The second kappa shape index (κ2) is 14.4. The van der Waals surface area contributed by atoms with Crippen molar-refractivity contribution in [1.29, 1.82) is 0 Å². The molecule has 4 aliphatic carbocycles. The van der Waals surface area contributed by atoms with E-state index >= 15 is 0 Å². The van der Waals surface area contributed by atoms with Gasteiger partial charge in [0.05, 0.1) is 16.7 Å². The van der Waals surface area contributed by atoms with Gasteiger partial charge in [0, 0.05) is 56.3 Å². The average Bonchev–Trinajstić information content (AvgIpc) is 3.84. The van der Waals surface area contributed by atoms with E-state index in [9.17, 15) is 0 Å². The second-order valence-corrected chi connectivity index (χ2v) is 16.9. The van der Waals surface area contributed by atoms with Crippen LogP contribution in [-0.2, 0) is 12.8 Å². The summed E-state index contributed by atoms with van der Waals surface area (Å²) in [5.41, 5.74) is 17.7. The third-order valence-electron chi connectivity index (χ3n) is 13.4. The molecule has 4 unspecified atom stereocenters. The summed E-state index contributed by atoms with van der Waals surface area (Å²) in [6.45, 7) is 0. The fourth-order valence-electron chi connectivity index (χ4n) is 10.5. The second-order valence-electron chi connectivity index (χ2n) is 16.9. The number of aliphatic imine (C=N–C) groups is 1. The molecule has 0 bridgehead atoms. The maximum atomic E-state index is 5.38. The van der Waals surface area contributed by atoms with Gasteiger partial charge in [0.25, 0.3) is 0 Å². The molecule has 12 rings (SSSR count). The minimum Gasteiger partial charge on any atom is -0.360 e. The molecule has 0 radical (unpaired) electrons. The minimum atomic E-state index is -0.161. The van der Waals surface area contributed by atoms with Crippen LogP contribution in [-0.4, -0.2) is 14.8 Å². The molecule has 5 aliphatic rings. The predicted molar refractivity (Wildman–Crippen MR) is 251 cm³/mol. The molecule has 3 heterocycles. The third kappa shape index (κ3) is 5.85. The first-order valence-corrected chi connectivity index (χ1v) is 21.7. The molecule has 60 heavy (non-hydrogen) atoms. The van der Waals surface area contributed by atoms with Crippen molar-refractivity contribution in [1.82, 2.24) is 9.13 Å². The van der Waals surface area contributed by atoms with Crippen molar-refractivity contribution < 1.29 is 0 Å². The molecule has 0 spiro atoms. The number of anilines is 1. The van der Waals surface area contributed by atoms with Gasteiger partial charge in [0.1, 0.15) is 6.17 Å². The third-order valence-corrected chi connectivity index (χ3v) is 13.4. The van der Waals surface area contributed by atoms with Crippen molar-refractivity contribution in [2.75, 3.05) is 5.32 Å². The van der Waals surface area contributed by atoms with Crippen LogP contribution in [0, 0.1) is 17.8 Å². The van der Waals surface area contributed by atoms with Crippen LogP contribution in [0.3, 0.4) is 0 Å². The van der Waals surface area contributed by atoms with Gasteiger partial charge >= 0.3 is 0 Å². The molecule has 1 aliphatic heterocycles. The number of rotatable bonds is 6. The van der Waals surface area contributed by atoms with Crippen LogP contribution < -0.4 is 5.32 Å². The monoisotopic (exact) mass is 774 g/mol. The Morgan fingerprint density at radius 1 is 0.617 bits per heavy atom. The standard InChI is InChI=1S/C56H46N4/c1-3-15-37(16-4-1)55-48-25-7-10-26-50(48)57-56(58-55)42-19-13-17-38(33-42)39-18-14-22-44(34-39)60-52-28-12-9-24-46(52)49-35-40(30-32-53(49)60)41-29-31-47-45-23-8-11-27-51(45)59(54(47)36-41)43-20-5-2-6-21-43/h1,3-5,7-15,17-34,37,40-41,56-57H,2,6,16,35-36H2. The highest BCUT2D eigenvalue weighted by Crippen LogP contribution is 2.43. The van der Waals surface area contributed by atoms with Crippen molar-refractivity contribution in [2.24, 2.45) is 22.7 Å². The molecule has 290 valence electrons. The number of fused-ring (bicyclic) bond motifs is 7. The Balaban J connectivity index is 0.871. The van der Waals surface area contributed by atoms with Crippen LogP contribution in [0.1, 0.15) is 59.1 Å². The van der Waals surface area contributed by atoms with Gasteiger partial charge in [0.15, 0.2) is 0 Å². The SMILES string of the molecule is C1=CCC(C2=NC(c3cccc(-c4cccc(-n5c6c(c7ccccc75)CC(C5C=Cc7c(n(C8=CCCC=C8)c8ccccc78)C5)C=C6)c4)c3)Nc3ccccc32)C=C1. The Labute approximate surface area is 351 Å². The van der Waals surface area contributed by atoms with Gasteiger partial charge < -0.3 is 14.5 Å². The topological polar surface area (TPSA) is 34.2 Å². The summed E-state index contributed by atoms with van der Waals surface area (Å²) in [7, 11) is 0. The molecule has 7 aromatic rings. The Morgan fingerprint density at radius 3 is 2.27 bits per heavy atom. The highest BCUT2D eigenvalue weighted by molar-refractivity contribution is 6.09. The summed E-state index contributed by atoms with van der Waals surface area (Å²) in [6, 6.07) is 44.6. The lowest BCUT2D eigenvalue weighted by atomic mass is 9.78. The number of aromatic nitrogens is 2. The van der Waals surface area contributed by atoms with Crippen LogP contribution in [0.15, 0.2) is 181 Å². The maximum absolute atomic E-state index is 5.38. The Kier molecular flexibility index (Phi) is 8.43. The lowest BCUT2D eigenvalue weighted by Crippen LogP contribution is -2.25. The van der Waals surface area contributed by atoms with E-state index in [4.69, 9.17) is 4.99 Å². The summed E-state index contributed by atoms with van der Waals surface area (Å²) in [4.78, 5) is 5.38. The Morgan fingerprint density at radius 2 is 1.40 bits per heavy atom. The number of benzene rings is 5. The van der Waals surface area contributed by atoms with Gasteiger partial charge in [-0.25, -0.2) is 0 Å². The van der Waals surface area contributed by atoms with Gasteiger partial charge in [-0.05, 0) is 115 Å². The molecule has 5 aromatic carbocycles. The molecule has 0 amide bonds. The Hall–Kier alpha value is -6.91. The number of hydrogen-bond donors (Lipinski definition) is 1. The van der Waals surface area contributed by atoms with Gasteiger partial charge in [-0.1, -0.05) is 140 Å². The molecule has 0 saturated heterocycles. The normalized spacial score (nSPS) is 21.3. The largest absolute Gasteiger partial charge is 0.360 e. The zero-order valence-corrected chi connectivity index (χ0v) is 33.6. The fraction of sp³-hybridized carbons (Fsp3) is 0.161. The van der Waals surface area contributed by atoms with Gasteiger partial charge in [0.2, 0.25) is 0 Å². The fourth-order valence-corrected chi connectivity index (χ4v) is 10.5. The van der Waals surface area contributed by atoms with E-state index in [0.29, 0.717) is 11.8 Å². The summed E-state index contributed by atoms with van der Waals surface area (Å²) >= 11 is 0. The lowest BCUT2D eigenvalue weighted by Gasteiger charge is -2.29. The molecule has 4 heteroatoms. The van der Waals surface area contributed by atoms with E-state index in [1.807, 2.05) is 0 Å². The van der Waals surface area contributed by atoms with E-state index in [1.54, 1.807) is 0 Å². The molecular weight excluding hydrogens is 729 g/mol. The zero-order chi connectivity index (χ0) is 39.6. The first-order chi connectivity index (χ1) is 29.7. The predicted octanol–water partition coefficient (Wildman–Crippen LogP) is 13.6. The van der Waals surface area contributed by atoms with E-state index in [-0.39, 0.29) is 12.1 Å². The van der Waals surface area contributed by atoms with Gasteiger partial charge in [-0.15, -0.1) is 0 Å². The first-order valence-electron chi connectivity index (χ1n) is 21.7. The summed E-state index contributed by atoms with van der Waals surface area (Å²) in [5.74, 6) is 1.10. The molecule has 1 N–H and O–H groups in total. The maximum Gasteiger partial charge on any atom is 0.145 e. The zero-order valence-electron chi connectivity index (χ0n) is 33.6. The van der Waals surface area contributed by atoms with Crippen molar-refractivity contribution >= 4 is 51.1 Å². The van der Waals surface area contributed by atoms with Crippen molar-refractivity contribution in [3.63, 3.8) is 0 Å². The number of hydrogen-bond acceptors (Lipinski definition) is 2. The highest BCUT2D eigenvalue weighted by atomic mass is 15.1. The summed E-state index contributed by atoms with van der Waals surface area (Å²) in [5, 5.41) is 6.45. The molecule has 2 aromatic heterocycles. The van der Waals surface area contributed by atoms with Crippen LogP contribution >= 0.6 is 0 Å². The van der Waals surface area contributed by atoms with Gasteiger partial charge in [-0.3, -0.25) is 4.99 Å². The number of para-hydroxylation sites is 3. The molecule has 4 nitrogen and oxygen atoms in total. The number of nitrogens with one attached hydrogen (secondary N) is 1. The van der Waals surface area contributed by atoms with Crippen molar-refractivity contribution in [3.05, 3.63) is 210 Å². The number of nitrogens with zero attached hydrogens (tertiary/aromatic N) is 3. The van der Waals surface area contributed by atoms with Crippen LogP contribution in [0.25, 0.3) is 56.5 Å². The van der Waals surface area contributed by atoms with E-state index in [1.165, 1.54) is 72.4 Å². The first kappa shape index (κ1) is 35.1. The minimum absolute atomic E-state index is 0.161. The van der Waals surface area contributed by atoms with E-state index in [2.05, 4.69) is 203 Å². The van der Waals surface area contributed by atoms with Crippen LogP contribution in [0.5, 0.6) is 0 Å². The molecule has 0 fully saturated rings. The average molecular weight is 775 g/mol. The lowest BCUT2D eigenvalue weighted by molar-refractivity contribution is 0.460. The summed E-state index contributed by atoms with van der Waals surface area (Å²) in [6.07, 6.45) is 30.8. The molecule has 0 saturated carbocycles.